The average Bonchev–Trinajstić information content (AvgIpc) is 1.95. The minimum atomic E-state index is 0.203. The molecule has 0 N–H and O–H groups in total. The van der Waals surface area contributed by atoms with Gasteiger partial charge in [-0.3, -0.25) is 4.79 Å². The molecule has 1 heterocycles. The van der Waals surface area contributed by atoms with Crippen molar-refractivity contribution in [3.05, 3.63) is 11.6 Å². The van der Waals surface area contributed by atoms with Crippen molar-refractivity contribution in [2.24, 2.45) is 0 Å². The van der Waals surface area contributed by atoms with Gasteiger partial charge in [-0.25, -0.2) is 0 Å². The molecule has 1 amide bonds. The predicted octanol–water partition coefficient (Wildman–Crippen LogP) is 1.18. The third kappa shape index (κ3) is 1.20. The summed E-state index contributed by atoms with van der Waals surface area (Å²) in [7, 11) is 1.85. The zero-order valence-electron chi connectivity index (χ0n) is 6.55. The average molecular weight is 139 g/mol. The van der Waals surface area contributed by atoms with Gasteiger partial charge in [0.05, 0.1) is 0 Å². The fourth-order valence-corrected chi connectivity index (χ4v) is 1.23. The van der Waals surface area contributed by atoms with Gasteiger partial charge in [0.2, 0.25) is 5.91 Å². The van der Waals surface area contributed by atoms with E-state index >= 15 is 0 Å². The number of likely N-dealkylation sites (tertiary alicyclic amines) is 1. The molecule has 1 saturated heterocycles. The van der Waals surface area contributed by atoms with Crippen LogP contribution >= 0.6 is 0 Å². The van der Waals surface area contributed by atoms with Crippen molar-refractivity contribution >= 4 is 5.91 Å². The van der Waals surface area contributed by atoms with E-state index in [2.05, 4.69) is 0 Å². The van der Waals surface area contributed by atoms with E-state index in [1.54, 1.807) is 4.90 Å². The Morgan fingerprint density at radius 3 is 2.80 bits per heavy atom. The second-order valence-corrected chi connectivity index (χ2v) is 2.64. The first-order chi connectivity index (χ1) is 4.75. The summed E-state index contributed by atoms with van der Waals surface area (Å²) in [6.45, 7) is 2.84. The quantitative estimate of drug-likeness (QED) is 0.461. The maximum atomic E-state index is 11.2. The summed E-state index contributed by atoms with van der Waals surface area (Å²) in [6, 6.07) is 0. The Balaban J connectivity index is 2.69. The van der Waals surface area contributed by atoms with Crippen molar-refractivity contribution in [2.75, 3.05) is 13.6 Å². The van der Waals surface area contributed by atoms with Crippen LogP contribution in [0.1, 0.15) is 19.8 Å². The zero-order chi connectivity index (χ0) is 7.56. The maximum absolute atomic E-state index is 11.2. The minimum absolute atomic E-state index is 0.203. The summed E-state index contributed by atoms with van der Waals surface area (Å²) in [5.74, 6) is 0.203. The lowest BCUT2D eigenvalue weighted by Crippen LogP contribution is -2.33. The highest BCUT2D eigenvalue weighted by molar-refractivity contribution is 5.93. The molecule has 1 aliphatic heterocycles. The monoisotopic (exact) mass is 139 g/mol. The number of likely N-dealkylation sites (N-methyl/N-ethyl adjacent to an activating group) is 1. The fraction of sp³-hybridized carbons (Fsp3) is 0.625. The molecular formula is C8H13NO. The molecule has 0 aromatic heterocycles. The molecule has 0 radical (unpaired) electrons. The number of hydrogen-bond donors (Lipinski definition) is 0. The normalized spacial score (nSPS) is 24.0. The number of carbonyl (C=O) groups excluding carboxylic acids is 1. The Hall–Kier alpha value is -0.790. The van der Waals surface area contributed by atoms with Crippen LogP contribution in [0.3, 0.4) is 0 Å². The van der Waals surface area contributed by atoms with Crippen LogP contribution in [0.2, 0.25) is 0 Å². The molecule has 10 heavy (non-hydrogen) atoms. The van der Waals surface area contributed by atoms with Gasteiger partial charge in [0.1, 0.15) is 0 Å². The molecule has 56 valence electrons. The molecule has 0 atom stereocenters. The standard InChI is InChI=1S/C8H13NO/c1-3-7-5-4-6-9(2)8(7)10/h3H,4-6H2,1-2H3. The molecule has 0 spiro atoms. The molecule has 1 aliphatic rings. The van der Waals surface area contributed by atoms with E-state index in [1.807, 2.05) is 20.0 Å². The number of amides is 1. The van der Waals surface area contributed by atoms with Crippen LogP contribution in [0.15, 0.2) is 11.6 Å². The number of nitrogens with zero attached hydrogens (tertiary/aromatic N) is 1. The molecule has 1 rings (SSSR count). The first-order valence-electron chi connectivity index (χ1n) is 3.66. The molecular weight excluding hydrogens is 126 g/mol. The number of allylic oxidation sites excluding steroid dienone is 1. The largest absolute Gasteiger partial charge is 0.342 e. The predicted molar refractivity (Wildman–Crippen MR) is 40.6 cm³/mol. The zero-order valence-corrected chi connectivity index (χ0v) is 6.55. The first kappa shape index (κ1) is 7.32. The van der Waals surface area contributed by atoms with Crippen molar-refractivity contribution < 1.29 is 4.79 Å². The molecule has 0 aromatic rings. The Kier molecular flexibility index (Phi) is 2.10. The van der Waals surface area contributed by atoms with E-state index in [-0.39, 0.29) is 5.91 Å². The first-order valence-corrected chi connectivity index (χ1v) is 3.66. The van der Waals surface area contributed by atoms with Crippen molar-refractivity contribution in [1.82, 2.24) is 4.90 Å². The second-order valence-electron chi connectivity index (χ2n) is 2.64. The van der Waals surface area contributed by atoms with E-state index in [4.69, 9.17) is 0 Å². The number of rotatable bonds is 0. The maximum Gasteiger partial charge on any atom is 0.249 e. The van der Waals surface area contributed by atoms with E-state index in [0.717, 1.165) is 25.0 Å². The molecule has 0 unspecified atom stereocenters. The summed E-state index contributed by atoms with van der Waals surface area (Å²) in [5.41, 5.74) is 0.966. The van der Waals surface area contributed by atoms with E-state index < -0.39 is 0 Å². The second kappa shape index (κ2) is 2.86. The van der Waals surface area contributed by atoms with Crippen LogP contribution in [0, 0.1) is 0 Å². The molecule has 0 bridgehead atoms. The minimum Gasteiger partial charge on any atom is -0.342 e. The van der Waals surface area contributed by atoms with E-state index in [1.165, 1.54) is 0 Å². The number of carbonyl (C=O) groups is 1. The lowest BCUT2D eigenvalue weighted by Gasteiger charge is -2.23. The third-order valence-electron chi connectivity index (χ3n) is 1.91. The summed E-state index contributed by atoms with van der Waals surface area (Å²) in [4.78, 5) is 13.0. The lowest BCUT2D eigenvalue weighted by molar-refractivity contribution is -0.127. The van der Waals surface area contributed by atoms with E-state index in [0.29, 0.717) is 0 Å². The Morgan fingerprint density at radius 1 is 1.60 bits per heavy atom. The molecule has 0 saturated carbocycles. The molecule has 2 heteroatoms. The van der Waals surface area contributed by atoms with Crippen LogP contribution < -0.4 is 0 Å². The van der Waals surface area contributed by atoms with Gasteiger partial charge >= 0.3 is 0 Å². The number of piperidine rings is 1. The summed E-state index contributed by atoms with van der Waals surface area (Å²) >= 11 is 0. The van der Waals surface area contributed by atoms with Crippen molar-refractivity contribution in [3.63, 3.8) is 0 Å². The highest BCUT2D eigenvalue weighted by Gasteiger charge is 2.17. The Labute approximate surface area is 61.5 Å². The summed E-state index contributed by atoms with van der Waals surface area (Å²) < 4.78 is 0. The van der Waals surface area contributed by atoms with Crippen molar-refractivity contribution in [2.45, 2.75) is 19.8 Å². The number of hydrogen-bond acceptors (Lipinski definition) is 1. The van der Waals surface area contributed by atoms with Gasteiger partial charge in [-0.05, 0) is 19.8 Å². The van der Waals surface area contributed by atoms with Gasteiger partial charge in [-0.2, -0.15) is 0 Å². The van der Waals surface area contributed by atoms with Gasteiger partial charge in [0, 0.05) is 19.2 Å². The van der Waals surface area contributed by atoms with E-state index in [9.17, 15) is 4.79 Å². The summed E-state index contributed by atoms with van der Waals surface area (Å²) in [5, 5.41) is 0. The summed E-state index contributed by atoms with van der Waals surface area (Å²) in [6.07, 6.45) is 3.99. The Bertz CT molecular complexity index is 172. The lowest BCUT2D eigenvalue weighted by atomic mass is 10.0. The Morgan fingerprint density at radius 2 is 2.30 bits per heavy atom. The molecule has 0 aliphatic carbocycles. The van der Waals surface area contributed by atoms with Gasteiger partial charge in [-0.15, -0.1) is 0 Å². The topological polar surface area (TPSA) is 20.3 Å². The van der Waals surface area contributed by atoms with Crippen molar-refractivity contribution in [1.29, 1.82) is 0 Å². The molecule has 2 nitrogen and oxygen atoms in total. The smallest absolute Gasteiger partial charge is 0.249 e. The van der Waals surface area contributed by atoms with Crippen LogP contribution in [0.5, 0.6) is 0 Å². The van der Waals surface area contributed by atoms with Crippen LogP contribution in [-0.4, -0.2) is 24.4 Å². The van der Waals surface area contributed by atoms with Crippen molar-refractivity contribution in [3.8, 4) is 0 Å². The molecule has 1 fully saturated rings. The highest BCUT2D eigenvalue weighted by Crippen LogP contribution is 2.14. The van der Waals surface area contributed by atoms with Gasteiger partial charge in [-0.1, -0.05) is 6.08 Å². The van der Waals surface area contributed by atoms with Gasteiger partial charge < -0.3 is 4.90 Å². The van der Waals surface area contributed by atoms with Gasteiger partial charge in [0.25, 0.3) is 0 Å². The highest BCUT2D eigenvalue weighted by atomic mass is 16.2. The van der Waals surface area contributed by atoms with Crippen LogP contribution in [-0.2, 0) is 4.79 Å². The molecule has 0 aromatic carbocycles. The SMILES string of the molecule is CC=C1CCCN(C)C1=O. The van der Waals surface area contributed by atoms with Crippen LogP contribution in [0.4, 0.5) is 0 Å². The third-order valence-corrected chi connectivity index (χ3v) is 1.91. The van der Waals surface area contributed by atoms with Gasteiger partial charge in [0.15, 0.2) is 0 Å². The van der Waals surface area contributed by atoms with Crippen LogP contribution in [0.25, 0.3) is 0 Å². The fourth-order valence-electron chi connectivity index (χ4n) is 1.23.